The van der Waals surface area contributed by atoms with Crippen molar-refractivity contribution in [1.82, 2.24) is 0 Å². The van der Waals surface area contributed by atoms with Crippen LogP contribution in [0.1, 0.15) is 108 Å². The van der Waals surface area contributed by atoms with Gasteiger partial charge in [0.2, 0.25) is 0 Å². The van der Waals surface area contributed by atoms with Gasteiger partial charge in [0, 0.05) is 11.1 Å². The van der Waals surface area contributed by atoms with E-state index in [4.69, 9.17) is 0 Å². The number of aryl methyl sites for hydroxylation is 2. The third kappa shape index (κ3) is 9.03. The van der Waals surface area contributed by atoms with Crippen molar-refractivity contribution in [2.75, 3.05) is 0 Å². The number of unbranched alkanes of at least 4 members (excludes halogenated alkanes) is 11. The van der Waals surface area contributed by atoms with Crippen molar-refractivity contribution in [3.63, 3.8) is 0 Å². The molecule has 38 heavy (non-hydrogen) atoms. The molecular weight excluding hydrogens is 477 g/mol. The summed E-state index contributed by atoms with van der Waals surface area (Å²) in [7, 11) is 0. The Labute approximate surface area is 228 Å². The van der Waals surface area contributed by atoms with Crippen molar-refractivity contribution < 1.29 is 13.2 Å². The van der Waals surface area contributed by atoms with Crippen LogP contribution >= 0.6 is 0 Å². The molecule has 0 aliphatic carbocycles. The SMILES string of the molecule is CCCCCCCCCCc1ccc(-c2ccc(-c3ccc(CCCCCCC)cc3)cc2F)c(F)c1F. The third-order valence-electron chi connectivity index (χ3n) is 7.58. The minimum Gasteiger partial charge on any atom is -0.206 e. The Morgan fingerprint density at radius 2 is 1.00 bits per heavy atom. The van der Waals surface area contributed by atoms with Crippen LogP contribution in [-0.4, -0.2) is 0 Å². The predicted molar refractivity (Wildman–Crippen MR) is 156 cm³/mol. The summed E-state index contributed by atoms with van der Waals surface area (Å²) in [6, 6.07) is 16.1. The van der Waals surface area contributed by atoms with E-state index < -0.39 is 17.5 Å². The highest BCUT2D eigenvalue weighted by molar-refractivity contribution is 5.71. The van der Waals surface area contributed by atoms with Crippen LogP contribution in [0, 0.1) is 17.5 Å². The molecule has 206 valence electrons. The van der Waals surface area contributed by atoms with Gasteiger partial charge in [0.25, 0.3) is 0 Å². The zero-order chi connectivity index (χ0) is 27.2. The lowest BCUT2D eigenvalue weighted by atomic mass is 9.96. The molecule has 3 aromatic rings. The maximum absolute atomic E-state index is 15.1. The molecule has 0 heterocycles. The van der Waals surface area contributed by atoms with Gasteiger partial charge < -0.3 is 0 Å². The molecule has 0 aliphatic rings. The summed E-state index contributed by atoms with van der Waals surface area (Å²) < 4.78 is 44.9. The Morgan fingerprint density at radius 1 is 0.474 bits per heavy atom. The Hall–Kier alpha value is -2.55. The molecule has 0 amide bonds. The van der Waals surface area contributed by atoms with Crippen LogP contribution in [0.3, 0.4) is 0 Å². The number of hydrogen-bond acceptors (Lipinski definition) is 0. The van der Waals surface area contributed by atoms with Gasteiger partial charge in [-0.05, 0) is 54.0 Å². The lowest BCUT2D eigenvalue weighted by molar-refractivity contribution is 0.496. The number of halogens is 3. The average Bonchev–Trinajstić information content (AvgIpc) is 2.93. The quantitative estimate of drug-likeness (QED) is 0.155. The topological polar surface area (TPSA) is 0 Å². The molecule has 0 saturated heterocycles. The highest BCUT2D eigenvalue weighted by Gasteiger charge is 2.17. The van der Waals surface area contributed by atoms with Crippen LogP contribution in [0.5, 0.6) is 0 Å². The van der Waals surface area contributed by atoms with E-state index in [1.807, 2.05) is 12.1 Å². The molecule has 0 N–H and O–H groups in total. The van der Waals surface area contributed by atoms with Crippen molar-refractivity contribution >= 4 is 0 Å². The van der Waals surface area contributed by atoms with Crippen molar-refractivity contribution in [2.24, 2.45) is 0 Å². The molecule has 3 rings (SSSR count). The van der Waals surface area contributed by atoms with Crippen LogP contribution in [0.2, 0.25) is 0 Å². The fourth-order valence-electron chi connectivity index (χ4n) is 5.15. The zero-order valence-electron chi connectivity index (χ0n) is 23.4. The molecule has 0 aliphatic heterocycles. The van der Waals surface area contributed by atoms with Crippen LogP contribution in [0.4, 0.5) is 13.2 Å². The molecule has 3 aromatic carbocycles. The first-order chi connectivity index (χ1) is 18.5. The molecule has 0 nitrogen and oxygen atoms in total. The Balaban J connectivity index is 1.58. The summed E-state index contributed by atoms with van der Waals surface area (Å²) in [4.78, 5) is 0. The van der Waals surface area contributed by atoms with Gasteiger partial charge in [-0.15, -0.1) is 0 Å². The van der Waals surface area contributed by atoms with E-state index in [1.165, 1.54) is 81.9 Å². The van der Waals surface area contributed by atoms with Crippen molar-refractivity contribution in [1.29, 1.82) is 0 Å². The highest BCUT2D eigenvalue weighted by atomic mass is 19.2. The lowest BCUT2D eigenvalue weighted by Crippen LogP contribution is -1.99. The summed E-state index contributed by atoms with van der Waals surface area (Å²) >= 11 is 0. The second kappa shape index (κ2) is 16.4. The predicted octanol–water partition coefficient (Wildman–Crippen LogP) is 11.6. The van der Waals surface area contributed by atoms with Crippen LogP contribution in [0.25, 0.3) is 22.3 Å². The molecule has 0 unspecified atom stereocenters. The van der Waals surface area contributed by atoms with Gasteiger partial charge in [-0.1, -0.05) is 133 Å². The van der Waals surface area contributed by atoms with Gasteiger partial charge in [0.05, 0.1) is 0 Å². The maximum atomic E-state index is 15.1. The zero-order valence-corrected chi connectivity index (χ0v) is 23.4. The third-order valence-corrected chi connectivity index (χ3v) is 7.58. The van der Waals surface area contributed by atoms with E-state index in [1.54, 1.807) is 18.2 Å². The van der Waals surface area contributed by atoms with E-state index in [-0.39, 0.29) is 11.1 Å². The average molecular weight is 523 g/mol. The van der Waals surface area contributed by atoms with E-state index in [0.717, 1.165) is 36.8 Å². The fraction of sp³-hybridized carbons (Fsp3) is 0.486. The van der Waals surface area contributed by atoms with Crippen LogP contribution in [-0.2, 0) is 12.8 Å². The van der Waals surface area contributed by atoms with E-state index in [0.29, 0.717) is 12.0 Å². The van der Waals surface area contributed by atoms with Crippen molar-refractivity contribution in [3.05, 3.63) is 83.2 Å². The van der Waals surface area contributed by atoms with Crippen LogP contribution < -0.4 is 0 Å². The molecule has 0 spiro atoms. The van der Waals surface area contributed by atoms with E-state index in [2.05, 4.69) is 26.0 Å². The smallest absolute Gasteiger partial charge is 0.167 e. The monoisotopic (exact) mass is 522 g/mol. The molecule has 3 heteroatoms. The normalized spacial score (nSPS) is 11.3. The summed E-state index contributed by atoms with van der Waals surface area (Å²) in [5, 5.41) is 0. The second-order valence-corrected chi connectivity index (χ2v) is 10.7. The first kappa shape index (κ1) is 30.0. The van der Waals surface area contributed by atoms with Gasteiger partial charge in [-0.3, -0.25) is 0 Å². The number of benzene rings is 3. The molecule has 0 fully saturated rings. The molecule has 0 aromatic heterocycles. The standard InChI is InChI=1S/C35H45F3/c1-3-5-7-9-10-11-13-15-17-29-22-25-32(35(38)34(29)37)31-24-23-30(26-33(31)36)28-20-18-27(19-21-28)16-14-12-8-6-4-2/h18-26H,3-17H2,1-2H3. The maximum Gasteiger partial charge on any atom is 0.167 e. The number of rotatable bonds is 17. The fourth-order valence-corrected chi connectivity index (χ4v) is 5.15. The molecule has 0 atom stereocenters. The number of hydrogen-bond donors (Lipinski definition) is 0. The van der Waals surface area contributed by atoms with Gasteiger partial charge in [-0.25, -0.2) is 13.2 Å². The van der Waals surface area contributed by atoms with Gasteiger partial charge in [-0.2, -0.15) is 0 Å². The summed E-state index contributed by atoms with van der Waals surface area (Å²) in [6.45, 7) is 4.43. The van der Waals surface area contributed by atoms with Crippen molar-refractivity contribution in [3.8, 4) is 22.3 Å². The first-order valence-corrected chi connectivity index (χ1v) is 14.9. The molecule has 0 radical (unpaired) electrons. The molecule has 0 saturated carbocycles. The van der Waals surface area contributed by atoms with Gasteiger partial charge >= 0.3 is 0 Å². The van der Waals surface area contributed by atoms with Gasteiger partial charge in [0.1, 0.15) is 5.82 Å². The summed E-state index contributed by atoms with van der Waals surface area (Å²) in [6.07, 6.45) is 17.1. The minimum absolute atomic E-state index is 0.0235. The van der Waals surface area contributed by atoms with Gasteiger partial charge in [0.15, 0.2) is 11.6 Å². The highest BCUT2D eigenvalue weighted by Crippen LogP contribution is 2.32. The Bertz CT molecular complexity index is 1100. The molecular formula is C35H45F3. The second-order valence-electron chi connectivity index (χ2n) is 10.7. The largest absolute Gasteiger partial charge is 0.206 e. The minimum atomic E-state index is -0.961. The van der Waals surface area contributed by atoms with Crippen LogP contribution in [0.15, 0.2) is 54.6 Å². The Morgan fingerprint density at radius 3 is 1.61 bits per heavy atom. The van der Waals surface area contributed by atoms with Crippen molar-refractivity contribution in [2.45, 2.75) is 110 Å². The lowest BCUT2D eigenvalue weighted by Gasteiger charge is -2.11. The van der Waals surface area contributed by atoms with E-state index in [9.17, 15) is 8.78 Å². The van der Waals surface area contributed by atoms with E-state index >= 15 is 4.39 Å². The summed E-state index contributed by atoms with van der Waals surface area (Å²) in [5.74, 6) is -2.35. The Kier molecular flexibility index (Phi) is 13.0. The molecule has 0 bridgehead atoms. The summed E-state index contributed by atoms with van der Waals surface area (Å²) in [5.41, 5.74) is 3.37. The first-order valence-electron chi connectivity index (χ1n) is 14.9.